The lowest BCUT2D eigenvalue weighted by Crippen LogP contribution is -2.12. The van der Waals surface area contributed by atoms with Crippen LogP contribution in [-0.2, 0) is 6.42 Å². The minimum absolute atomic E-state index is 0.683. The Morgan fingerprint density at radius 2 is 1.95 bits per heavy atom. The zero-order valence-corrected chi connectivity index (χ0v) is 12.2. The highest BCUT2D eigenvalue weighted by atomic mass is 14.9. The van der Waals surface area contributed by atoms with E-state index >= 15 is 0 Å². The van der Waals surface area contributed by atoms with Crippen molar-refractivity contribution in [2.45, 2.75) is 26.7 Å². The van der Waals surface area contributed by atoms with Crippen LogP contribution in [0.15, 0.2) is 30.3 Å². The van der Waals surface area contributed by atoms with Crippen LogP contribution < -0.4 is 5.32 Å². The molecule has 3 rings (SSSR count). The quantitative estimate of drug-likeness (QED) is 0.929. The summed E-state index contributed by atoms with van der Waals surface area (Å²) in [6.45, 7) is 6.38. The summed E-state index contributed by atoms with van der Waals surface area (Å²) in [6.07, 6.45) is 2.21. The average Bonchev–Trinajstić information content (AvgIpc) is 2.91. The summed E-state index contributed by atoms with van der Waals surface area (Å²) in [4.78, 5) is 9.36. The van der Waals surface area contributed by atoms with Crippen LogP contribution in [0.1, 0.15) is 23.5 Å². The molecule has 1 unspecified atom stereocenters. The Kier molecular flexibility index (Phi) is 3.79. The molecule has 1 aliphatic heterocycles. The smallest absolute Gasteiger partial charge is 0.129 e. The number of hydrogen-bond acceptors (Lipinski definition) is 3. The van der Waals surface area contributed by atoms with Crippen LogP contribution in [0, 0.1) is 19.8 Å². The van der Waals surface area contributed by atoms with Crippen molar-refractivity contribution < 1.29 is 0 Å². The van der Waals surface area contributed by atoms with E-state index in [-0.39, 0.29) is 0 Å². The fraction of sp³-hybridized carbons (Fsp3) is 0.412. The minimum atomic E-state index is 0.683. The lowest BCUT2D eigenvalue weighted by atomic mass is 10.0. The van der Waals surface area contributed by atoms with E-state index in [1.165, 1.54) is 17.5 Å². The van der Waals surface area contributed by atoms with Crippen molar-refractivity contribution in [3.63, 3.8) is 0 Å². The number of aryl methyl sites for hydroxylation is 2. The van der Waals surface area contributed by atoms with Crippen LogP contribution in [0.5, 0.6) is 0 Å². The van der Waals surface area contributed by atoms with Gasteiger partial charge in [0.05, 0.1) is 5.69 Å². The Balaban J connectivity index is 1.87. The Morgan fingerprint density at radius 1 is 1.15 bits per heavy atom. The van der Waals surface area contributed by atoms with Crippen LogP contribution in [-0.4, -0.2) is 23.1 Å². The van der Waals surface area contributed by atoms with Crippen LogP contribution in [0.25, 0.3) is 11.3 Å². The van der Waals surface area contributed by atoms with E-state index in [0.717, 1.165) is 36.7 Å². The molecule has 2 aromatic rings. The number of nitrogens with one attached hydrogen (secondary N) is 1. The molecule has 2 heterocycles. The summed E-state index contributed by atoms with van der Waals surface area (Å²) in [5.74, 6) is 1.66. The van der Waals surface area contributed by atoms with Gasteiger partial charge in [0.2, 0.25) is 0 Å². The maximum absolute atomic E-state index is 4.76. The largest absolute Gasteiger partial charge is 0.316 e. The number of hydrogen-bond donors (Lipinski definition) is 1. The zero-order valence-electron chi connectivity index (χ0n) is 12.2. The average molecular weight is 267 g/mol. The van der Waals surface area contributed by atoms with Gasteiger partial charge in [-0.25, -0.2) is 9.97 Å². The predicted octanol–water partition coefficient (Wildman–Crippen LogP) is 2.91. The van der Waals surface area contributed by atoms with Crippen LogP contribution in [0.3, 0.4) is 0 Å². The Morgan fingerprint density at radius 3 is 2.65 bits per heavy atom. The van der Waals surface area contributed by atoms with Crippen molar-refractivity contribution >= 4 is 0 Å². The molecule has 1 aliphatic rings. The van der Waals surface area contributed by atoms with Crippen molar-refractivity contribution in [1.29, 1.82) is 0 Å². The normalized spacial score (nSPS) is 18.4. The molecule has 0 aliphatic carbocycles. The first-order valence-corrected chi connectivity index (χ1v) is 7.33. The second-order valence-corrected chi connectivity index (χ2v) is 5.74. The predicted molar refractivity (Wildman–Crippen MR) is 81.6 cm³/mol. The summed E-state index contributed by atoms with van der Waals surface area (Å²) in [6, 6.07) is 10.6. The first-order valence-electron chi connectivity index (χ1n) is 7.33. The van der Waals surface area contributed by atoms with E-state index in [4.69, 9.17) is 4.98 Å². The fourth-order valence-corrected chi connectivity index (χ4v) is 2.74. The molecule has 20 heavy (non-hydrogen) atoms. The minimum Gasteiger partial charge on any atom is -0.316 e. The topological polar surface area (TPSA) is 37.8 Å². The molecule has 1 fully saturated rings. The first kappa shape index (κ1) is 13.3. The third-order valence-electron chi connectivity index (χ3n) is 3.88. The molecule has 1 N–H and O–H groups in total. The van der Waals surface area contributed by atoms with Gasteiger partial charge in [-0.1, -0.05) is 29.8 Å². The molecule has 3 heteroatoms. The van der Waals surface area contributed by atoms with Crippen LogP contribution >= 0.6 is 0 Å². The first-order chi connectivity index (χ1) is 9.70. The maximum Gasteiger partial charge on any atom is 0.129 e. The molecule has 0 amide bonds. The van der Waals surface area contributed by atoms with E-state index < -0.39 is 0 Å². The third-order valence-corrected chi connectivity index (χ3v) is 3.88. The number of rotatable bonds is 3. The van der Waals surface area contributed by atoms with Crippen LogP contribution in [0.4, 0.5) is 0 Å². The van der Waals surface area contributed by atoms with Crippen molar-refractivity contribution in [1.82, 2.24) is 15.3 Å². The van der Waals surface area contributed by atoms with Gasteiger partial charge >= 0.3 is 0 Å². The number of benzene rings is 1. The van der Waals surface area contributed by atoms with Gasteiger partial charge in [0.1, 0.15) is 5.82 Å². The Bertz CT molecular complexity index is 584. The molecule has 0 radical (unpaired) electrons. The number of nitrogens with zero attached hydrogens (tertiary/aromatic N) is 2. The van der Waals surface area contributed by atoms with Gasteiger partial charge in [-0.2, -0.15) is 0 Å². The van der Waals surface area contributed by atoms with Crippen molar-refractivity contribution in [2.24, 2.45) is 5.92 Å². The van der Waals surface area contributed by atoms with Gasteiger partial charge in [0.25, 0.3) is 0 Å². The second-order valence-electron chi connectivity index (χ2n) is 5.74. The van der Waals surface area contributed by atoms with E-state index in [1.54, 1.807) is 0 Å². The second kappa shape index (κ2) is 5.71. The van der Waals surface area contributed by atoms with Gasteiger partial charge in [-0.15, -0.1) is 0 Å². The zero-order chi connectivity index (χ0) is 13.9. The standard InChI is InChI=1S/C17H21N3/c1-12-3-5-15(6-4-12)16-9-13(2)19-17(20-16)10-14-7-8-18-11-14/h3-6,9,14,18H,7-8,10-11H2,1-2H3. The van der Waals surface area contributed by atoms with E-state index in [9.17, 15) is 0 Å². The molecule has 1 aromatic carbocycles. The molecular formula is C17H21N3. The third kappa shape index (κ3) is 3.05. The molecule has 1 aromatic heterocycles. The number of aromatic nitrogens is 2. The van der Waals surface area contributed by atoms with Crippen molar-refractivity contribution in [3.05, 3.63) is 47.4 Å². The van der Waals surface area contributed by atoms with Crippen molar-refractivity contribution in [2.75, 3.05) is 13.1 Å². The highest BCUT2D eigenvalue weighted by Gasteiger charge is 2.17. The van der Waals surface area contributed by atoms with Gasteiger partial charge < -0.3 is 5.32 Å². The Labute approximate surface area is 120 Å². The van der Waals surface area contributed by atoms with Gasteiger partial charge in [-0.3, -0.25) is 0 Å². The van der Waals surface area contributed by atoms with E-state index in [1.807, 2.05) is 0 Å². The lowest BCUT2D eigenvalue weighted by molar-refractivity contribution is 0.561. The van der Waals surface area contributed by atoms with Crippen LogP contribution in [0.2, 0.25) is 0 Å². The molecule has 0 saturated carbocycles. The molecule has 104 valence electrons. The monoisotopic (exact) mass is 267 g/mol. The summed E-state index contributed by atoms with van der Waals surface area (Å²) >= 11 is 0. The van der Waals surface area contributed by atoms with E-state index in [0.29, 0.717) is 5.92 Å². The molecular weight excluding hydrogens is 246 g/mol. The summed E-state index contributed by atoms with van der Waals surface area (Å²) in [5, 5.41) is 3.40. The van der Waals surface area contributed by atoms with Gasteiger partial charge in [0, 0.05) is 17.7 Å². The maximum atomic E-state index is 4.76. The van der Waals surface area contributed by atoms with E-state index in [2.05, 4.69) is 54.5 Å². The highest BCUT2D eigenvalue weighted by molar-refractivity contribution is 5.59. The fourth-order valence-electron chi connectivity index (χ4n) is 2.74. The SMILES string of the molecule is Cc1ccc(-c2cc(C)nc(CC3CCNC3)n2)cc1. The highest BCUT2D eigenvalue weighted by Crippen LogP contribution is 2.20. The Hall–Kier alpha value is -1.74. The lowest BCUT2D eigenvalue weighted by Gasteiger charge is -2.10. The molecule has 0 spiro atoms. The summed E-state index contributed by atoms with van der Waals surface area (Å²) < 4.78 is 0. The summed E-state index contributed by atoms with van der Waals surface area (Å²) in [5.41, 5.74) is 4.54. The molecule has 0 bridgehead atoms. The molecule has 3 nitrogen and oxygen atoms in total. The van der Waals surface area contributed by atoms with Gasteiger partial charge in [0.15, 0.2) is 0 Å². The summed E-state index contributed by atoms with van der Waals surface area (Å²) in [7, 11) is 0. The van der Waals surface area contributed by atoms with Crippen molar-refractivity contribution in [3.8, 4) is 11.3 Å². The molecule has 1 atom stereocenters. The molecule has 1 saturated heterocycles. The van der Waals surface area contributed by atoms with Gasteiger partial charge in [-0.05, 0) is 45.3 Å².